The van der Waals surface area contributed by atoms with E-state index in [0.717, 1.165) is 50.4 Å². The Labute approximate surface area is 179 Å². The summed E-state index contributed by atoms with van der Waals surface area (Å²) in [7, 11) is 1.62. The van der Waals surface area contributed by atoms with Crippen LogP contribution in [-0.4, -0.2) is 22.4 Å². The predicted octanol–water partition coefficient (Wildman–Crippen LogP) is 5.76. The molecule has 1 amide bonds. The van der Waals surface area contributed by atoms with Crippen LogP contribution in [0.2, 0.25) is 0 Å². The molecule has 31 heavy (non-hydrogen) atoms. The molecule has 0 aliphatic rings. The molecular weight excluding hydrogens is 420 g/mol. The van der Waals surface area contributed by atoms with Gasteiger partial charge in [-0.1, -0.05) is 11.3 Å². The van der Waals surface area contributed by atoms with Crippen molar-refractivity contribution in [1.29, 1.82) is 0 Å². The van der Waals surface area contributed by atoms with Crippen LogP contribution in [0, 0.1) is 11.6 Å². The molecule has 2 heterocycles. The first kappa shape index (κ1) is 19.2. The van der Waals surface area contributed by atoms with Crippen LogP contribution >= 0.6 is 11.3 Å². The van der Waals surface area contributed by atoms with Gasteiger partial charge in [0.15, 0.2) is 4.96 Å². The van der Waals surface area contributed by atoms with E-state index in [-0.39, 0.29) is 5.69 Å². The van der Waals surface area contributed by atoms with Crippen LogP contribution in [0.4, 0.5) is 14.5 Å². The topological polar surface area (TPSA) is 55.6 Å². The maximum atomic E-state index is 13.8. The molecule has 0 fully saturated rings. The number of halogens is 2. The van der Waals surface area contributed by atoms with E-state index in [1.807, 2.05) is 40.9 Å². The first-order valence-electron chi connectivity index (χ1n) is 9.34. The number of methoxy groups -OCH3 is 1. The third kappa shape index (κ3) is 3.51. The molecule has 3 aromatic carbocycles. The third-order valence-corrected chi connectivity index (χ3v) is 5.94. The Morgan fingerprint density at radius 2 is 1.87 bits per heavy atom. The van der Waals surface area contributed by atoms with E-state index in [0.29, 0.717) is 5.56 Å². The normalized spacial score (nSPS) is 11.2. The number of carbonyl (C=O) groups is 1. The lowest BCUT2D eigenvalue weighted by Gasteiger charge is -2.06. The highest BCUT2D eigenvalue weighted by Gasteiger charge is 2.15. The molecular formula is C23H15F2N3O2S. The minimum Gasteiger partial charge on any atom is -0.497 e. The van der Waals surface area contributed by atoms with Crippen LogP contribution in [-0.2, 0) is 0 Å². The SMILES string of the molecule is COc1ccc(-c2cn3c(n2)sc2cc(C(=O)Nc4cc(F)ccc4F)ccc23)cc1. The van der Waals surface area contributed by atoms with E-state index in [2.05, 4.69) is 10.3 Å². The second-order valence-corrected chi connectivity index (χ2v) is 7.88. The van der Waals surface area contributed by atoms with Crippen LogP contribution in [0.3, 0.4) is 0 Å². The fourth-order valence-electron chi connectivity index (χ4n) is 3.33. The minimum atomic E-state index is -0.698. The smallest absolute Gasteiger partial charge is 0.255 e. The van der Waals surface area contributed by atoms with Gasteiger partial charge < -0.3 is 10.1 Å². The zero-order valence-corrected chi connectivity index (χ0v) is 17.0. The fraction of sp³-hybridized carbons (Fsp3) is 0.0435. The molecule has 5 rings (SSSR count). The molecule has 154 valence electrons. The number of fused-ring (bicyclic) bond motifs is 3. The Hall–Kier alpha value is -3.78. The highest BCUT2D eigenvalue weighted by molar-refractivity contribution is 7.23. The summed E-state index contributed by atoms with van der Waals surface area (Å²) in [6.07, 6.45) is 1.94. The average molecular weight is 435 g/mol. The second-order valence-electron chi connectivity index (χ2n) is 6.87. The Morgan fingerprint density at radius 3 is 2.65 bits per heavy atom. The molecule has 0 bridgehead atoms. The number of imidazole rings is 1. The first-order chi connectivity index (χ1) is 15.0. The Bertz CT molecular complexity index is 1440. The van der Waals surface area contributed by atoms with Crippen LogP contribution in [0.15, 0.2) is 66.9 Å². The second kappa shape index (κ2) is 7.48. The molecule has 0 saturated heterocycles. The van der Waals surface area contributed by atoms with E-state index in [9.17, 15) is 13.6 Å². The van der Waals surface area contributed by atoms with E-state index in [1.54, 1.807) is 19.2 Å². The first-order valence-corrected chi connectivity index (χ1v) is 10.2. The zero-order chi connectivity index (χ0) is 21.5. The van der Waals surface area contributed by atoms with Gasteiger partial charge in [0.2, 0.25) is 0 Å². The molecule has 0 unspecified atom stereocenters. The summed E-state index contributed by atoms with van der Waals surface area (Å²) >= 11 is 1.44. The van der Waals surface area contributed by atoms with Crippen molar-refractivity contribution >= 4 is 38.1 Å². The lowest BCUT2D eigenvalue weighted by Crippen LogP contribution is -2.13. The quantitative estimate of drug-likeness (QED) is 0.391. The van der Waals surface area contributed by atoms with Crippen molar-refractivity contribution in [3.63, 3.8) is 0 Å². The summed E-state index contributed by atoms with van der Waals surface area (Å²) in [5, 5.41) is 2.42. The Morgan fingerprint density at radius 1 is 1.06 bits per heavy atom. The molecule has 0 aliphatic carbocycles. The number of amides is 1. The van der Waals surface area contributed by atoms with Crippen molar-refractivity contribution in [2.24, 2.45) is 0 Å². The highest BCUT2D eigenvalue weighted by atomic mass is 32.1. The summed E-state index contributed by atoms with van der Waals surface area (Å²) in [5.41, 5.74) is 2.85. The van der Waals surface area contributed by atoms with Crippen LogP contribution in [0.1, 0.15) is 10.4 Å². The number of benzene rings is 3. The van der Waals surface area contributed by atoms with Crippen molar-refractivity contribution in [2.75, 3.05) is 12.4 Å². The van der Waals surface area contributed by atoms with Crippen molar-refractivity contribution < 1.29 is 18.3 Å². The van der Waals surface area contributed by atoms with Gasteiger partial charge >= 0.3 is 0 Å². The number of aromatic nitrogens is 2. The van der Waals surface area contributed by atoms with E-state index in [1.165, 1.54) is 11.3 Å². The number of ether oxygens (including phenoxy) is 1. The van der Waals surface area contributed by atoms with Crippen molar-refractivity contribution in [1.82, 2.24) is 9.38 Å². The van der Waals surface area contributed by atoms with Gasteiger partial charge in [-0.05, 0) is 54.6 Å². The molecule has 2 aromatic heterocycles. The zero-order valence-electron chi connectivity index (χ0n) is 16.2. The summed E-state index contributed by atoms with van der Waals surface area (Å²) in [4.78, 5) is 18.0. The Balaban J connectivity index is 1.46. The fourth-order valence-corrected chi connectivity index (χ4v) is 4.38. The summed E-state index contributed by atoms with van der Waals surface area (Å²) in [6, 6.07) is 15.8. The number of hydrogen-bond donors (Lipinski definition) is 1. The van der Waals surface area contributed by atoms with Gasteiger partial charge in [-0.15, -0.1) is 0 Å². The molecule has 0 atom stereocenters. The van der Waals surface area contributed by atoms with E-state index >= 15 is 0 Å². The van der Waals surface area contributed by atoms with Crippen LogP contribution in [0.25, 0.3) is 26.4 Å². The monoisotopic (exact) mass is 435 g/mol. The molecule has 1 N–H and O–H groups in total. The third-order valence-electron chi connectivity index (χ3n) is 4.92. The summed E-state index contributed by atoms with van der Waals surface area (Å²) in [6.45, 7) is 0. The van der Waals surface area contributed by atoms with Gasteiger partial charge in [-0.25, -0.2) is 13.8 Å². The van der Waals surface area contributed by atoms with Gasteiger partial charge in [0.25, 0.3) is 5.91 Å². The van der Waals surface area contributed by atoms with Crippen molar-refractivity contribution in [2.45, 2.75) is 0 Å². The standard InChI is InChI=1S/C23H15F2N3O2S/c1-30-16-6-2-13(3-7-16)19-12-28-20-9-4-14(10-21(20)31-23(28)27-19)22(29)26-18-11-15(24)5-8-17(18)25/h2-12H,1H3,(H,26,29). The largest absolute Gasteiger partial charge is 0.497 e. The van der Waals surface area contributed by atoms with Crippen molar-refractivity contribution in [3.8, 4) is 17.0 Å². The number of nitrogens with one attached hydrogen (secondary N) is 1. The summed E-state index contributed by atoms with van der Waals surface area (Å²) < 4.78 is 35.2. The van der Waals surface area contributed by atoms with Gasteiger partial charge in [0.1, 0.15) is 17.4 Å². The number of thiazole rings is 1. The van der Waals surface area contributed by atoms with Crippen molar-refractivity contribution in [3.05, 3.63) is 84.1 Å². The lowest BCUT2D eigenvalue weighted by molar-refractivity contribution is 0.102. The molecule has 5 aromatic rings. The van der Waals surface area contributed by atoms with Gasteiger partial charge in [0.05, 0.1) is 28.7 Å². The number of carbonyl (C=O) groups excluding carboxylic acids is 1. The molecule has 0 aliphatic heterocycles. The van der Waals surface area contributed by atoms with Crippen LogP contribution in [0.5, 0.6) is 5.75 Å². The number of rotatable bonds is 4. The summed E-state index contributed by atoms with van der Waals surface area (Å²) in [5.74, 6) is -1.06. The lowest BCUT2D eigenvalue weighted by atomic mass is 10.1. The van der Waals surface area contributed by atoms with E-state index in [4.69, 9.17) is 4.74 Å². The number of anilines is 1. The number of hydrogen-bond acceptors (Lipinski definition) is 4. The predicted molar refractivity (Wildman–Crippen MR) is 117 cm³/mol. The maximum Gasteiger partial charge on any atom is 0.255 e. The van der Waals surface area contributed by atoms with Crippen LogP contribution < -0.4 is 10.1 Å². The minimum absolute atomic E-state index is 0.199. The average Bonchev–Trinajstić information content (AvgIpc) is 3.34. The van der Waals surface area contributed by atoms with E-state index < -0.39 is 17.5 Å². The molecule has 5 nitrogen and oxygen atoms in total. The maximum absolute atomic E-state index is 13.8. The molecule has 0 saturated carbocycles. The highest BCUT2D eigenvalue weighted by Crippen LogP contribution is 2.31. The van der Waals surface area contributed by atoms with Gasteiger partial charge in [0, 0.05) is 23.4 Å². The molecule has 0 spiro atoms. The van der Waals surface area contributed by atoms with Gasteiger partial charge in [-0.2, -0.15) is 0 Å². The number of nitrogens with zero attached hydrogens (tertiary/aromatic N) is 2. The van der Waals surface area contributed by atoms with Gasteiger partial charge in [-0.3, -0.25) is 9.20 Å². The molecule has 0 radical (unpaired) electrons. The molecule has 8 heteroatoms. The Kier molecular flexibility index (Phi) is 4.63.